The fraction of sp³-hybridized carbons (Fsp3) is 0.235. The van der Waals surface area contributed by atoms with Gasteiger partial charge in [-0.1, -0.05) is 36.4 Å². The molecule has 3 nitrogen and oxygen atoms in total. The standard InChI is InChI=1S/C17H17FO3/c1-13(19)21-11-5-9-17(20)10-8-15(16(18)12-17)14-6-3-2-4-7-14/h2-10,20H,11-12H2,1H3. The van der Waals surface area contributed by atoms with Gasteiger partial charge in [0.1, 0.15) is 18.0 Å². The largest absolute Gasteiger partial charge is 0.462 e. The molecule has 1 aliphatic carbocycles. The van der Waals surface area contributed by atoms with Crippen LogP contribution in [-0.2, 0) is 9.53 Å². The highest BCUT2D eigenvalue weighted by atomic mass is 19.1. The van der Waals surface area contributed by atoms with Crippen molar-refractivity contribution in [1.82, 2.24) is 0 Å². The zero-order chi connectivity index (χ0) is 15.3. The van der Waals surface area contributed by atoms with Crippen LogP contribution in [0.2, 0.25) is 0 Å². The predicted octanol–water partition coefficient (Wildman–Crippen LogP) is 3.18. The van der Waals surface area contributed by atoms with Gasteiger partial charge >= 0.3 is 5.97 Å². The molecule has 21 heavy (non-hydrogen) atoms. The first-order valence-corrected chi connectivity index (χ1v) is 6.67. The number of carbonyl (C=O) groups is 1. The van der Waals surface area contributed by atoms with Crippen LogP contribution in [0.1, 0.15) is 18.9 Å². The van der Waals surface area contributed by atoms with Gasteiger partial charge in [0, 0.05) is 18.9 Å². The van der Waals surface area contributed by atoms with Crippen LogP contribution in [0.4, 0.5) is 4.39 Å². The summed E-state index contributed by atoms with van der Waals surface area (Å²) in [5.74, 6) is -0.772. The molecule has 0 saturated carbocycles. The number of allylic oxidation sites excluding steroid dienone is 2. The third kappa shape index (κ3) is 4.13. The fourth-order valence-electron chi connectivity index (χ4n) is 2.12. The van der Waals surface area contributed by atoms with Gasteiger partial charge in [0.05, 0.1) is 0 Å². The lowest BCUT2D eigenvalue weighted by atomic mass is 9.88. The average Bonchev–Trinajstić information content (AvgIpc) is 2.44. The first-order chi connectivity index (χ1) is 10.0. The molecule has 0 bridgehead atoms. The second kappa shape index (κ2) is 6.50. The van der Waals surface area contributed by atoms with E-state index < -0.39 is 11.6 Å². The van der Waals surface area contributed by atoms with Crippen molar-refractivity contribution in [3.05, 3.63) is 66.0 Å². The van der Waals surface area contributed by atoms with E-state index in [0.29, 0.717) is 5.57 Å². The predicted molar refractivity (Wildman–Crippen MR) is 78.9 cm³/mol. The number of carbonyl (C=O) groups excluding carboxylic acids is 1. The minimum atomic E-state index is -1.39. The molecule has 1 aliphatic rings. The topological polar surface area (TPSA) is 46.5 Å². The number of halogens is 1. The Kier molecular flexibility index (Phi) is 4.70. The SMILES string of the molecule is CC(=O)OCC=CC1(O)C=CC(c2ccccc2)=C(F)C1. The summed E-state index contributed by atoms with van der Waals surface area (Å²) in [5, 5.41) is 10.3. The molecule has 110 valence electrons. The Labute approximate surface area is 123 Å². The Hall–Kier alpha value is -2.20. The second-order valence-corrected chi connectivity index (χ2v) is 4.89. The molecular formula is C17H17FO3. The van der Waals surface area contributed by atoms with E-state index in [9.17, 15) is 14.3 Å². The van der Waals surface area contributed by atoms with Crippen LogP contribution in [0.5, 0.6) is 0 Å². The molecule has 0 heterocycles. The highest BCUT2D eigenvalue weighted by molar-refractivity contribution is 5.77. The Morgan fingerprint density at radius 3 is 2.76 bits per heavy atom. The van der Waals surface area contributed by atoms with E-state index in [0.717, 1.165) is 5.56 Å². The minimum Gasteiger partial charge on any atom is -0.462 e. The molecule has 1 atom stereocenters. The van der Waals surface area contributed by atoms with Gasteiger partial charge < -0.3 is 9.84 Å². The zero-order valence-electron chi connectivity index (χ0n) is 11.8. The van der Waals surface area contributed by atoms with Crippen molar-refractivity contribution >= 4 is 11.5 Å². The van der Waals surface area contributed by atoms with Gasteiger partial charge in [0.15, 0.2) is 0 Å². The van der Waals surface area contributed by atoms with Crippen LogP contribution in [0.15, 0.2) is 60.5 Å². The van der Waals surface area contributed by atoms with E-state index in [1.165, 1.54) is 19.1 Å². The van der Waals surface area contributed by atoms with Gasteiger partial charge in [-0.2, -0.15) is 0 Å². The Bertz CT molecular complexity index is 602. The third-order valence-corrected chi connectivity index (χ3v) is 3.14. The highest BCUT2D eigenvalue weighted by Gasteiger charge is 2.27. The van der Waals surface area contributed by atoms with E-state index in [1.54, 1.807) is 12.2 Å². The second-order valence-electron chi connectivity index (χ2n) is 4.89. The minimum absolute atomic E-state index is 0.0579. The molecule has 0 aromatic heterocycles. The number of hydrogen-bond acceptors (Lipinski definition) is 3. The summed E-state index contributed by atoms with van der Waals surface area (Å²) in [6.07, 6.45) is 5.93. The number of rotatable bonds is 4. The van der Waals surface area contributed by atoms with Gasteiger partial charge in [-0.15, -0.1) is 0 Å². The van der Waals surface area contributed by atoms with Crippen LogP contribution >= 0.6 is 0 Å². The molecule has 4 heteroatoms. The van der Waals surface area contributed by atoms with Crippen molar-refractivity contribution in [2.45, 2.75) is 18.9 Å². The van der Waals surface area contributed by atoms with Crippen LogP contribution in [-0.4, -0.2) is 23.3 Å². The van der Waals surface area contributed by atoms with Gasteiger partial charge in [-0.3, -0.25) is 4.79 Å². The molecule has 1 unspecified atom stereocenters. The summed E-state index contributed by atoms with van der Waals surface area (Å²) in [6, 6.07) is 9.18. The van der Waals surface area contributed by atoms with Gasteiger partial charge in [-0.05, 0) is 23.8 Å². The van der Waals surface area contributed by atoms with Crippen LogP contribution in [0.25, 0.3) is 5.57 Å². The number of hydrogen-bond donors (Lipinski definition) is 1. The number of ether oxygens (including phenoxy) is 1. The maximum absolute atomic E-state index is 14.2. The van der Waals surface area contributed by atoms with E-state index in [2.05, 4.69) is 0 Å². The molecule has 0 saturated heterocycles. The lowest BCUT2D eigenvalue weighted by molar-refractivity contribution is -0.139. The van der Waals surface area contributed by atoms with E-state index in [-0.39, 0.29) is 18.9 Å². The number of aliphatic hydroxyl groups is 1. The third-order valence-electron chi connectivity index (χ3n) is 3.14. The first kappa shape index (κ1) is 15.2. The molecular weight excluding hydrogens is 271 g/mol. The summed E-state index contributed by atoms with van der Waals surface area (Å²) in [7, 11) is 0. The van der Waals surface area contributed by atoms with E-state index in [1.807, 2.05) is 30.3 Å². The molecule has 2 rings (SSSR count). The Morgan fingerprint density at radius 1 is 1.43 bits per heavy atom. The van der Waals surface area contributed by atoms with Crippen molar-refractivity contribution in [3.63, 3.8) is 0 Å². The Morgan fingerprint density at radius 2 is 2.14 bits per heavy atom. The zero-order valence-corrected chi connectivity index (χ0v) is 11.8. The normalized spacial score (nSPS) is 21.9. The van der Waals surface area contributed by atoms with Crippen LogP contribution < -0.4 is 0 Å². The summed E-state index contributed by atoms with van der Waals surface area (Å²) in [5.41, 5.74) is -0.131. The molecule has 1 N–H and O–H groups in total. The van der Waals surface area contributed by atoms with Crippen LogP contribution in [0.3, 0.4) is 0 Å². The van der Waals surface area contributed by atoms with Gasteiger partial charge in [0.25, 0.3) is 0 Å². The lowest BCUT2D eigenvalue weighted by Gasteiger charge is -2.24. The number of benzene rings is 1. The smallest absolute Gasteiger partial charge is 0.302 e. The highest BCUT2D eigenvalue weighted by Crippen LogP contribution is 2.33. The van der Waals surface area contributed by atoms with E-state index >= 15 is 0 Å². The first-order valence-electron chi connectivity index (χ1n) is 6.67. The van der Waals surface area contributed by atoms with Gasteiger partial charge in [-0.25, -0.2) is 4.39 Å². The monoisotopic (exact) mass is 288 g/mol. The van der Waals surface area contributed by atoms with Crippen molar-refractivity contribution in [2.75, 3.05) is 6.61 Å². The lowest BCUT2D eigenvalue weighted by Crippen LogP contribution is -2.25. The molecule has 0 aliphatic heterocycles. The Balaban J connectivity index is 2.08. The van der Waals surface area contributed by atoms with Crippen molar-refractivity contribution in [1.29, 1.82) is 0 Å². The van der Waals surface area contributed by atoms with Crippen molar-refractivity contribution in [2.24, 2.45) is 0 Å². The quantitative estimate of drug-likeness (QED) is 0.683. The number of esters is 1. The summed E-state index contributed by atoms with van der Waals surface area (Å²) >= 11 is 0. The molecule has 0 fully saturated rings. The molecule has 1 aromatic rings. The maximum atomic E-state index is 14.2. The van der Waals surface area contributed by atoms with E-state index in [4.69, 9.17) is 4.74 Å². The summed E-state index contributed by atoms with van der Waals surface area (Å²) in [6.45, 7) is 1.36. The summed E-state index contributed by atoms with van der Waals surface area (Å²) in [4.78, 5) is 10.6. The summed E-state index contributed by atoms with van der Waals surface area (Å²) < 4.78 is 18.9. The average molecular weight is 288 g/mol. The fourth-order valence-corrected chi connectivity index (χ4v) is 2.12. The molecule has 1 aromatic carbocycles. The molecule has 0 spiro atoms. The van der Waals surface area contributed by atoms with Gasteiger partial charge in [0.2, 0.25) is 0 Å². The van der Waals surface area contributed by atoms with Crippen molar-refractivity contribution < 1.29 is 19.0 Å². The molecule has 0 radical (unpaired) electrons. The maximum Gasteiger partial charge on any atom is 0.302 e. The van der Waals surface area contributed by atoms with Crippen molar-refractivity contribution in [3.8, 4) is 0 Å². The molecule has 0 amide bonds. The van der Waals surface area contributed by atoms with Crippen LogP contribution in [0, 0.1) is 0 Å².